The van der Waals surface area contributed by atoms with E-state index in [-0.39, 0.29) is 18.1 Å². The summed E-state index contributed by atoms with van der Waals surface area (Å²) in [6, 6.07) is 3.10. The number of rotatable bonds is 6. The van der Waals surface area contributed by atoms with Crippen LogP contribution in [0.5, 0.6) is 0 Å². The van der Waals surface area contributed by atoms with Crippen molar-refractivity contribution in [2.75, 3.05) is 6.61 Å². The Labute approximate surface area is 111 Å². The zero-order valence-corrected chi connectivity index (χ0v) is 11.2. The van der Waals surface area contributed by atoms with Gasteiger partial charge in [-0.15, -0.1) is 0 Å². The third kappa shape index (κ3) is 3.81. The zero-order chi connectivity index (χ0) is 13.5. The van der Waals surface area contributed by atoms with Gasteiger partial charge in [-0.2, -0.15) is 0 Å². The number of halogens is 1. The molecule has 0 fully saturated rings. The number of ketones is 1. The van der Waals surface area contributed by atoms with Crippen LogP contribution in [0.1, 0.15) is 37.2 Å². The molecule has 98 valence electrons. The molecule has 1 aromatic heterocycles. The number of hydrogen-bond donors (Lipinski definition) is 0. The molecule has 18 heavy (non-hydrogen) atoms. The van der Waals surface area contributed by atoms with E-state index in [0.717, 1.165) is 6.42 Å². The molecule has 5 heteroatoms. The molecule has 0 radical (unpaired) electrons. The van der Waals surface area contributed by atoms with E-state index < -0.39 is 11.9 Å². The van der Waals surface area contributed by atoms with Gasteiger partial charge in [0.1, 0.15) is 11.6 Å². The van der Waals surface area contributed by atoms with Gasteiger partial charge in [-0.25, -0.2) is 0 Å². The molecule has 0 spiro atoms. The molecule has 1 rings (SSSR count). The summed E-state index contributed by atoms with van der Waals surface area (Å²) in [6.07, 6.45) is 2.58. The fourth-order valence-electron chi connectivity index (χ4n) is 1.59. The topological polar surface area (TPSA) is 56.3 Å². The third-order valence-electron chi connectivity index (χ3n) is 2.44. The SMILES string of the molecule is CCCC(C(=O)OCC)C(=O)c1ccc(Cl)cn1. The summed E-state index contributed by atoms with van der Waals surface area (Å²) in [4.78, 5) is 27.8. The molecule has 1 heterocycles. The van der Waals surface area contributed by atoms with E-state index in [0.29, 0.717) is 11.4 Å². The first kappa shape index (κ1) is 14.6. The molecule has 0 aromatic carbocycles. The summed E-state index contributed by atoms with van der Waals surface area (Å²) in [7, 11) is 0. The first-order valence-corrected chi connectivity index (χ1v) is 6.30. The summed E-state index contributed by atoms with van der Waals surface area (Å²) in [5.41, 5.74) is 0.242. The second kappa shape index (κ2) is 7.11. The van der Waals surface area contributed by atoms with E-state index in [4.69, 9.17) is 16.3 Å². The van der Waals surface area contributed by atoms with E-state index >= 15 is 0 Å². The van der Waals surface area contributed by atoms with Gasteiger partial charge in [0, 0.05) is 6.20 Å². The van der Waals surface area contributed by atoms with Crippen LogP contribution in [0.3, 0.4) is 0 Å². The highest BCUT2D eigenvalue weighted by Gasteiger charge is 2.28. The number of esters is 1. The molecule has 0 aliphatic carbocycles. The van der Waals surface area contributed by atoms with Gasteiger partial charge in [0.2, 0.25) is 0 Å². The van der Waals surface area contributed by atoms with E-state index in [2.05, 4.69) is 4.98 Å². The zero-order valence-electron chi connectivity index (χ0n) is 10.5. The molecule has 0 saturated carbocycles. The summed E-state index contributed by atoms with van der Waals surface area (Å²) in [5, 5.41) is 0.453. The Hall–Kier alpha value is -1.42. The van der Waals surface area contributed by atoms with Crippen LogP contribution in [-0.4, -0.2) is 23.3 Å². The molecule has 1 aromatic rings. The van der Waals surface area contributed by atoms with Crippen LogP contribution in [0.4, 0.5) is 0 Å². The highest BCUT2D eigenvalue weighted by molar-refractivity contribution is 6.30. The monoisotopic (exact) mass is 269 g/mol. The molecule has 0 bridgehead atoms. The van der Waals surface area contributed by atoms with Gasteiger partial charge in [0.05, 0.1) is 11.6 Å². The highest BCUT2D eigenvalue weighted by atomic mass is 35.5. The van der Waals surface area contributed by atoms with Crippen molar-refractivity contribution in [2.45, 2.75) is 26.7 Å². The Morgan fingerprint density at radius 1 is 1.39 bits per heavy atom. The van der Waals surface area contributed by atoms with Crippen molar-refractivity contribution in [2.24, 2.45) is 5.92 Å². The fourth-order valence-corrected chi connectivity index (χ4v) is 1.70. The van der Waals surface area contributed by atoms with Gasteiger partial charge in [0.25, 0.3) is 0 Å². The van der Waals surface area contributed by atoms with Gasteiger partial charge >= 0.3 is 5.97 Å². The average Bonchev–Trinajstić information content (AvgIpc) is 2.36. The van der Waals surface area contributed by atoms with Gasteiger partial charge in [0.15, 0.2) is 5.78 Å². The minimum atomic E-state index is -0.774. The molecular weight excluding hydrogens is 254 g/mol. The second-order valence-electron chi connectivity index (χ2n) is 3.82. The fraction of sp³-hybridized carbons (Fsp3) is 0.462. The largest absolute Gasteiger partial charge is 0.465 e. The van der Waals surface area contributed by atoms with Crippen LogP contribution >= 0.6 is 11.6 Å². The number of carbonyl (C=O) groups is 2. The molecular formula is C13H16ClNO3. The van der Waals surface area contributed by atoms with Crippen molar-refractivity contribution in [3.63, 3.8) is 0 Å². The summed E-state index contributed by atoms with van der Waals surface area (Å²) >= 11 is 5.70. The molecule has 1 unspecified atom stereocenters. The van der Waals surface area contributed by atoms with Crippen molar-refractivity contribution in [1.82, 2.24) is 4.98 Å². The standard InChI is InChI=1S/C13H16ClNO3/c1-3-5-10(13(17)18-4-2)12(16)11-7-6-9(14)8-15-11/h6-8,10H,3-5H2,1-2H3. The van der Waals surface area contributed by atoms with Gasteiger partial charge in [-0.3, -0.25) is 14.6 Å². The second-order valence-corrected chi connectivity index (χ2v) is 4.26. The third-order valence-corrected chi connectivity index (χ3v) is 2.67. The van der Waals surface area contributed by atoms with E-state index in [1.807, 2.05) is 6.92 Å². The Morgan fingerprint density at radius 2 is 2.11 bits per heavy atom. The molecule has 0 N–H and O–H groups in total. The smallest absolute Gasteiger partial charge is 0.316 e. The Morgan fingerprint density at radius 3 is 2.61 bits per heavy atom. The number of carbonyl (C=O) groups excluding carboxylic acids is 2. The van der Waals surface area contributed by atoms with E-state index in [1.165, 1.54) is 12.3 Å². The van der Waals surface area contributed by atoms with Crippen LogP contribution in [0.15, 0.2) is 18.3 Å². The van der Waals surface area contributed by atoms with Crippen molar-refractivity contribution in [1.29, 1.82) is 0 Å². The van der Waals surface area contributed by atoms with E-state index in [9.17, 15) is 9.59 Å². The molecule has 1 atom stereocenters. The van der Waals surface area contributed by atoms with Crippen molar-refractivity contribution in [3.8, 4) is 0 Å². The number of nitrogens with zero attached hydrogens (tertiary/aromatic N) is 1. The predicted molar refractivity (Wildman–Crippen MR) is 68.6 cm³/mol. The minimum absolute atomic E-state index is 0.242. The predicted octanol–water partition coefficient (Wildman–Crippen LogP) is 2.90. The van der Waals surface area contributed by atoms with E-state index in [1.54, 1.807) is 13.0 Å². The molecule has 0 saturated heterocycles. The lowest BCUT2D eigenvalue weighted by molar-refractivity contribution is -0.146. The normalized spacial score (nSPS) is 11.9. The molecule has 0 aliphatic rings. The van der Waals surface area contributed by atoms with Crippen molar-refractivity contribution < 1.29 is 14.3 Å². The lowest BCUT2D eigenvalue weighted by atomic mass is 9.96. The Bertz CT molecular complexity index is 417. The average molecular weight is 270 g/mol. The maximum absolute atomic E-state index is 12.2. The van der Waals surface area contributed by atoms with Crippen LogP contribution < -0.4 is 0 Å². The number of aromatic nitrogens is 1. The number of Topliss-reactive ketones (excluding diaryl/α,β-unsaturated/α-hetero) is 1. The molecule has 4 nitrogen and oxygen atoms in total. The summed E-state index contributed by atoms with van der Waals surface area (Å²) < 4.78 is 4.91. The van der Waals surface area contributed by atoms with Crippen LogP contribution in [-0.2, 0) is 9.53 Å². The molecule has 0 amide bonds. The first-order valence-electron chi connectivity index (χ1n) is 5.92. The van der Waals surface area contributed by atoms with Gasteiger partial charge in [-0.05, 0) is 25.5 Å². The minimum Gasteiger partial charge on any atom is -0.465 e. The van der Waals surface area contributed by atoms with Gasteiger partial charge < -0.3 is 4.74 Å². The van der Waals surface area contributed by atoms with Crippen LogP contribution in [0, 0.1) is 5.92 Å². The quantitative estimate of drug-likeness (QED) is 0.453. The number of pyridine rings is 1. The molecule has 0 aliphatic heterocycles. The number of ether oxygens (including phenoxy) is 1. The summed E-state index contributed by atoms with van der Waals surface area (Å²) in [6.45, 7) is 3.89. The van der Waals surface area contributed by atoms with Crippen molar-refractivity contribution in [3.05, 3.63) is 29.0 Å². The Kier molecular flexibility index (Phi) is 5.78. The van der Waals surface area contributed by atoms with Crippen LogP contribution in [0.2, 0.25) is 5.02 Å². The Balaban J connectivity index is 2.88. The van der Waals surface area contributed by atoms with Gasteiger partial charge in [-0.1, -0.05) is 24.9 Å². The van der Waals surface area contributed by atoms with Crippen molar-refractivity contribution >= 4 is 23.4 Å². The maximum Gasteiger partial charge on any atom is 0.316 e. The maximum atomic E-state index is 12.2. The number of hydrogen-bond acceptors (Lipinski definition) is 4. The highest BCUT2D eigenvalue weighted by Crippen LogP contribution is 2.16. The lowest BCUT2D eigenvalue weighted by Gasteiger charge is -2.13. The lowest BCUT2D eigenvalue weighted by Crippen LogP contribution is -2.27. The first-order chi connectivity index (χ1) is 8.60. The summed E-state index contributed by atoms with van der Waals surface area (Å²) in [5.74, 6) is -1.57. The van der Waals surface area contributed by atoms with Crippen LogP contribution in [0.25, 0.3) is 0 Å².